The van der Waals surface area contributed by atoms with Gasteiger partial charge in [0.15, 0.2) is 0 Å². The third-order valence-corrected chi connectivity index (χ3v) is 1.22. The molecule has 1 atom stereocenters. The molecule has 0 saturated carbocycles. The Labute approximate surface area is 62.0 Å². The van der Waals surface area contributed by atoms with Crippen molar-refractivity contribution in [3.05, 3.63) is 12.2 Å². The van der Waals surface area contributed by atoms with Crippen LogP contribution >= 0.6 is 0 Å². The SMILES string of the molecule is [Li+].[O-][C@@H]1CC=CCC1. The molecule has 0 fully saturated rings. The molecule has 40 valence electrons. The van der Waals surface area contributed by atoms with Crippen LogP contribution in [0, 0.1) is 0 Å². The van der Waals surface area contributed by atoms with Crippen LogP contribution in [0.1, 0.15) is 19.3 Å². The van der Waals surface area contributed by atoms with Crippen LogP contribution in [-0.4, -0.2) is 6.10 Å². The number of hydrogen-bond acceptors (Lipinski definition) is 1. The van der Waals surface area contributed by atoms with Crippen LogP contribution in [0.4, 0.5) is 0 Å². The van der Waals surface area contributed by atoms with Gasteiger partial charge in [0.05, 0.1) is 0 Å². The van der Waals surface area contributed by atoms with E-state index < -0.39 is 0 Å². The van der Waals surface area contributed by atoms with Crippen LogP contribution in [0.25, 0.3) is 0 Å². The molecule has 0 unspecified atom stereocenters. The van der Waals surface area contributed by atoms with E-state index in [2.05, 4.69) is 6.08 Å². The van der Waals surface area contributed by atoms with Crippen molar-refractivity contribution < 1.29 is 24.0 Å². The molecule has 0 saturated heterocycles. The molecule has 2 heteroatoms. The minimum absolute atomic E-state index is 0. The molecule has 0 aliphatic heterocycles. The molecule has 1 rings (SSSR count). The van der Waals surface area contributed by atoms with Crippen molar-refractivity contribution in [2.24, 2.45) is 0 Å². The number of allylic oxidation sites excluding steroid dienone is 1. The quantitative estimate of drug-likeness (QED) is 0.245. The maximum Gasteiger partial charge on any atom is 1.00 e. The fourth-order valence-electron chi connectivity index (χ4n) is 0.766. The first-order chi connectivity index (χ1) is 3.39. The van der Waals surface area contributed by atoms with E-state index in [-0.39, 0.29) is 25.0 Å². The van der Waals surface area contributed by atoms with Gasteiger partial charge in [-0.25, -0.2) is 0 Å². The summed E-state index contributed by atoms with van der Waals surface area (Å²) in [6.07, 6.45) is 6.34. The third-order valence-electron chi connectivity index (χ3n) is 1.22. The third kappa shape index (κ3) is 2.57. The predicted octanol–water partition coefficient (Wildman–Crippen LogP) is -2.54. The zero-order valence-electron chi connectivity index (χ0n) is 5.26. The van der Waals surface area contributed by atoms with E-state index >= 15 is 0 Å². The van der Waals surface area contributed by atoms with Gasteiger partial charge in [0.1, 0.15) is 0 Å². The normalized spacial score (nSPS) is 26.9. The first kappa shape index (κ1) is 8.30. The monoisotopic (exact) mass is 104 g/mol. The van der Waals surface area contributed by atoms with Crippen molar-refractivity contribution in [2.75, 3.05) is 0 Å². The fourth-order valence-corrected chi connectivity index (χ4v) is 0.766. The van der Waals surface area contributed by atoms with Crippen molar-refractivity contribution in [1.82, 2.24) is 0 Å². The Balaban J connectivity index is 0.000000490. The van der Waals surface area contributed by atoms with E-state index in [9.17, 15) is 5.11 Å². The van der Waals surface area contributed by atoms with Crippen molar-refractivity contribution in [3.63, 3.8) is 0 Å². The minimum atomic E-state index is -0.301. The molecule has 8 heavy (non-hydrogen) atoms. The summed E-state index contributed by atoms with van der Waals surface area (Å²) >= 11 is 0. The van der Waals surface area contributed by atoms with E-state index in [4.69, 9.17) is 0 Å². The maximum absolute atomic E-state index is 10.5. The largest absolute Gasteiger partial charge is 1.00 e. The van der Waals surface area contributed by atoms with Gasteiger partial charge in [-0.15, -0.1) is 6.10 Å². The van der Waals surface area contributed by atoms with E-state index in [1.807, 2.05) is 6.08 Å². The Hall–Kier alpha value is 0.297. The molecule has 0 bridgehead atoms. The smallest absolute Gasteiger partial charge is 0.852 e. The second kappa shape index (κ2) is 4.20. The van der Waals surface area contributed by atoms with Gasteiger partial charge in [-0.3, -0.25) is 0 Å². The van der Waals surface area contributed by atoms with Crippen LogP contribution in [0.5, 0.6) is 0 Å². The number of hydrogen-bond donors (Lipinski definition) is 0. The first-order valence-electron chi connectivity index (χ1n) is 2.70. The fraction of sp³-hybridized carbons (Fsp3) is 0.667. The van der Waals surface area contributed by atoms with Gasteiger partial charge in [-0.05, 0) is 12.8 Å². The molecule has 0 aromatic carbocycles. The number of rotatable bonds is 0. The molecule has 0 aromatic heterocycles. The van der Waals surface area contributed by atoms with Gasteiger partial charge in [0.2, 0.25) is 0 Å². The first-order valence-corrected chi connectivity index (χ1v) is 2.70. The zero-order valence-corrected chi connectivity index (χ0v) is 5.26. The van der Waals surface area contributed by atoms with Gasteiger partial charge in [-0.2, -0.15) is 0 Å². The average molecular weight is 104 g/mol. The van der Waals surface area contributed by atoms with Gasteiger partial charge >= 0.3 is 18.9 Å². The summed E-state index contributed by atoms with van der Waals surface area (Å²) in [7, 11) is 0. The van der Waals surface area contributed by atoms with E-state index in [0.29, 0.717) is 0 Å². The molecular weight excluding hydrogens is 95.0 g/mol. The molecule has 0 radical (unpaired) electrons. The van der Waals surface area contributed by atoms with Crippen molar-refractivity contribution in [2.45, 2.75) is 25.4 Å². The van der Waals surface area contributed by atoms with Crippen molar-refractivity contribution in [1.29, 1.82) is 0 Å². The summed E-state index contributed by atoms with van der Waals surface area (Å²) in [6.45, 7) is 0. The summed E-state index contributed by atoms with van der Waals surface area (Å²) < 4.78 is 0. The minimum Gasteiger partial charge on any atom is -0.852 e. The van der Waals surface area contributed by atoms with Gasteiger partial charge in [-0.1, -0.05) is 18.6 Å². The Morgan fingerprint density at radius 2 is 2.12 bits per heavy atom. The van der Waals surface area contributed by atoms with Crippen LogP contribution < -0.4 is 24.0 Å². The molecule has 0 N–H and O–H groups in total. The molecular formula is C6H9LiO. The van der Waals surface area contributed by atoms with E-state index in [0.717, 1.165) is 19.3 Å². The van der Waals surface area contributed by atoms with E-state index in [1.54, 1.807) is 0 Å². The molecule has 0 heterocycles. The second-order valence-corrected chi connectivity index (χ2v) is 1.91. The Morgan fingerprint density at radius 3 is 2.38 bits per heavy atom. The summed E-state index contributed by atoms with van der Waals surface area (Å²) in [6, 6.07) is 0. The summed E-state index contributed by atoms with van der Waals surface area (Å²) in [4.78, 5) is 0. The molecule has 1 aliphatic carbocycles. The zero-order chi connectivity index (χ0) is 5.11. The standard InChI is InChI=1S/C6H9O.Li/c7-6-4-2-1-3-5-6;/h1-2,6H,3-5H2;/q-1;+1/t6-;/m1./s1. The van der Waals surface area contributed by atoms with Gasteiger partial charge < -0.3 is 5.11 Å². The summed E-state index contributed by atoms with van der Waals surface area (Å²) in [5, 5.41) is 10.5. The van der Waals surface area contributed by atoms with Crippen LogP contribution in [0.15, 0.2) is 12.2 Å². The molecule has 0 amide bonds. The van der Waals surface area contributed by atoms with Crippen LogP contribution in [0.3, 0.4) is 0 Å². The van der Waals surface area contributed by atoms with Gasteiger partial charge in [0.25, 0.3) is 0 Å². The predicted molar refractivity (Wildman–Crippen MR) is 26.8 cm³/mol. The van der Waals surface area contributed by atoms with Crippen molar-refractivity contribution >= 4 is 0 Å². The van der Waals surface area contributed by atoms with Crippen molar-refractivity contribution in [3.8, 4) is 0 Å². The summed E-state index contributed by atoms with van der Waals surface area (Å²) in [5.74, 6) is 0. The molecule has 1 nitrogen and oxygen atoms in total. The maximum atomic E-state index is 10.5. The Morgan fingerprint density at radius 1 is 1.38 bits per heavy atom. The summed E-state index contributed by atoms with van der Waals surface area (Å²) in [5.41, 5.74) is 0. The average Bonchev–Trinajstić information content (AvgIpc) is 1.69. The van der Waals surface area contributed by atoms with Crippen LogP contribution in [0.2, 0.25) is 0 Å². The molecule has 0 aromatic rings. The Kier molecular flexibility index (Phi) is 4.36. The second-order valence-electron chi connectivity index (χ2n) is 1.91. The Bertz CT molecular complexity index is 80.6. The van der Waals surface area contributed by atoms with Gasteiger partial charge in [0, 0.05) is 0 Å². The molecule has 1 aliphatic rings. The molecule has 0 spiro atoms. The van der Waals surface area contributed by atoms with E-state index in [1.165, 1.54) is 0 Å². The van der Waals surface area contributed by atoms with Crippen LogP contribution in [-0.2, 0) is 0 Å². The topological polar surface area (TPSA) is 23.1 Å².